The maximum Gasteiger partial charge on any atom is 0.416 e. The molecule has 0 aliphatic rings. The number of alkyl halides is 3. The molecule has 3 rings (SSSR count). The van der Waals surface area contributed by atoms with Gasteiger partial charge in [0.1, 0.15) is 23.0 Å². The minimum Gasteiger partial charge on any atom is -0.457 e. The van der Waals surface area contributed by atoms with Crippen LogP contribution in [0.25, 0.3) is 0 Å². The van der Waals surface area contributed by atoms with E-state index in [1.54, 1.807) is 30.3 Å². The number of hydrogen-bond donors (Lipinski definition) is 2. The largest absolute Gasteiger partial charge is 0.457 e. The molecule has 0 aliphatic carbocycles. The first-order valence-corrected chi connectivity index (χ1v) is 12.7. The van der Waals surface area contributed by atoms with Crippen LogP contribution in [0.4, 0.5) is 13.2 Å². The fourth-order valence-corrected chi connectivity index (χ4v) is 3.98. The molecule has 3 aromatic carbocycles. The minimum absolute atomic E-state index is 0.0778. The molecule has 0 spiro atoms. The lowest BCUT2D eigenvalue weighted by atomic mass is 10.0. The van der Waals surface area contributed by atoms with Crippen molar-refractivity contribution < 1.29 is 37.6 Å². The Balaban J connectivity index is 1.87. The summed E-state index contributed by atoms with van der Waals surface area (Å²) in [6.45, 7) is 11.2. The van der Waals surface area contributed by atoms with Gasteiger partial charge in [0.15, 0.2) is 17.8 Å². The summed E-state index contributed by atoms with van der Waals surface area (Å²) in [4.78, 5) is 0. The second kappa shape index (κ2) is 13.4. The van der Waals surface area contributed by atoms with Crippen molar-refractivity contribution in [2.24, 2.45) is 0 Å². The molecule has 0 bridgehead atoms. The van der Waals surface area contributed by atoms with Crippen LogP contribution in [0.5, 0.6) is 28.7 Å². The van der Waals surface area contributed by atoms with E-state index in [-0.39, 0.29) is 23.7 Å². The van der Waals surface area contributed by atoms with Crippen molar-refractivity contribution in [1.29, 1.82) is 0 Å². The van der Waals surface area contributed by atoms with Gasteiger partial charge in [-0.1, -0.05) is 24.8 Å². The highest BCUT2D eigenvalue weighted by Gasteiger charge is 2.31. The predicted octanol–water partition coefficient (Wildman–Crippen LogP) is 8.57. The number of aliphatic hydroxyl groups excluding tert-OH is 1. The van der Waals surface area contributed by atoms with Gasteiger partial charge in [-0.2, -0.15) is 13.2 Å². The molecular weight excluding hydrogens is 521 g/mol. The summed E-state index contributed by atoms with van der Waals surface area (Å²) >= 11 is 0. The summed E-state index contributed by atoms with van der Waals surface area (Å²) < 4.78 is 58.0. The van der Waals surface area contributed by atoms with E-state index in [2.05, 4.69) is 6.58 Å². The van der Waals surface area contributed by atoms with Gasteiger partial charge in [0.25, 0.3) is 0 Å². The van der Waals surface area contributed by atoms with E-state index in [0.717, 1.165) is 34.4 Å². The van der Waals surface area contributed by atoms with Gasteiger partial charge < -0.3 is 24.4 Å². The number of hydrogen-bond acceptors (Lipinski definition) is 5. The highest BCUT2D eigenvalue weighted by molar-refractivity contribution is 5.49. The predicted molar refractivity (Wildman–Crippen MR) is 149 cm³/mol. The van der Waals surface area contributed by atoms with Crippen molar-refractivity contribution in [3.8, 4) is 28.7 Å². The summed E-state index contributed by atoms with van der Waals surface area (Å²) in [6, 6.07) is 13.7. The summed E-state index contributed by atoms with van der Waals surface area (Å²) in [5.41, 5.74) is 2.66. The molecule has 2 N–H and O–H groups in total. The molecule has 0 saturated carbocycles. The first-order valence-electron chi connectivity index (χ1n) is 12.7. The number of allylic oxidation sites excluding steroid dienone is 4. The smallest absolute Gasteiger partial charge is 0.416 e. The Labute approximate surface area is 232 Å². The Morgan fingerprint density at radius 3 is 2.25 bits per heavy atom. The molecule has 0 saturated heterocycles. The van der Waals surface area contributed by atoms with E-state index < -0.39 is 18.0 Å². The molecule has 0 amide bonds. The number of rotatable bonds is 11. The lowest BCUT2D eigenvalue weighted by Crippen LogP contribution is -2.06. The molecule has 0 radical (unpaired) electrons. The van der Waals surface area contributed by atoms with Crippen LogP contribution in [0.2, 0.25) is 0 Å². The Kier molecular flexibility index (Phi) is 10.2. The quantitative estimate of drug-likeness (QED) is 0.141. The van der Waals surface area contributed by atoms with Crippen molar-refractivity contribution in [2.45, 2.75) is 53.0 Å². The average molecular weight is 555 g/mol. The fraction of sp³-hybridized carbons (Fsp3) is 0.250. The van der Waals surface area contributed by atoms with Crippen LogP contribution < -0.4 is 14.2 Å². The maximum atomic E-state index is 13.4. The molecule has 0 fully saturated rings. The van der Waals surface area contributed by atoms with Gasteiger partial charge in [-0.25, -0.2) is 0 Å². The highest BCUT2D eigenvalue weighted by Crippen LogP contribution is 2.40. The van der Waals surface area contributed by atoms with E-state index >= 15 is 0 Å². The Morgan fingerprint density at radius 2 is 1.62 bits per heavy atom. The Bertz CT molecular complexity index is 1400. The maximum absolute atomic E-state index is 13.4. The lowest BCUT2D eigenvalue weighted by Gasteiger charge is -2.16. The zero-order valence-corrected chi connectivity index (χ0v) is 22.9. The van der Waals surface area contributed by atoms with Crippen LogP contribution in [-0.2, 0) is 12.6 Å². The normalized spacial score (nSPS) is 12.2. The van der Waals surface area contributed by atoms with Crippen LogP contribution in [0.3, 0.4) is 0 Å². The zero-order chi connectivity index (χ0) is 29.4. The number of aliphatic hydroxyl groups is 2. The summed E-state index contributed by atoms with van der Waals surface area (Å²) in [5.74, 6) is 1.48. The molecule has 0 aromatic heterocycles. The van der Waals surface area contributed by atoms with Gasteiger partial charge in [0.2, 0.25) is 0 Å². The minimum atomic E-state index is -4.56. The molecule has 5 nitrogen and oxygen atoms in total. The molecule has 212 valence electrons. The third kappa shape index (κ3) is 9.03. The van der Waals surface area contributed by atoms with Crippen molar-refractivity contribution in [2.75, 3.05) is 0 Å². The van der Waals surface area contributed by atoms with Crippen molar-refractivity contribution in [3.63, 3.8) is 0 Å². The molecule has 3 aromatic rings. The zero-order valence-electron chi connectivity index (χ0n) is 22.9. The molecule has 0 atom stereocenters. The molecule has 0 unspecified atom stereocenters. The number of aryl methyl sites for hydroxylation is 3. The third-order valence-electron chi connectivity index (χ3n) is 5.80. The first-order chi connectivity index (χ1) is 18.8. The highest BCUT2D eigenvalue weighted by atomic mass is 19.4. The van der Waals surface area contributed by atoms with Crippen molar-refractivity contribution >= 4 is 0 Å². The third-order valence-corrected chi connectivity index (χ3v) is 5.80. The van der Waals surface area contributed by atoms with Crippen LogP contribution in [0, 0.1) is 13.8 Å². The molecule has 0 heterocycles. The molecular formula is C32H33F3O5. The van der Waals surface area contributed by atoms with E-state index in [0.29, 0.717) is 23.7 Å². The first kappa shape index (κ1) is 30.5. The van der Waals surface area contributed by atoms with Gasteiger partial charge in [-0.05, 0) is 105 Å². The number of halogens is 3. The van der Waals surface area contributed by atoms with Crippen LogP contribution in [-0.4, -0.2) is 16.5 Å². The summed E-state index contributed by atoms with van der Waals surface area (Å²) in [7, 11) is 0. The monoisotopic (exact) mass is 554 g/mol. The lowest BCUT2D eigenvalue weighted by molar-refractivity contribution is -0.137. The van der Waals surface area contributed by atoms with E-state index in [1.807, 2.05) is 52.0 Å². The molecule has 0 aliphatic heterocycles. The second-order valence-corrected chi connectivity index (χ2v) is 9.41. The molecule has 40 heavy (non-hydrogen) atoms. The van der Waals surface area contributed by atoms with Crippen molar-refractivity contribution in [1.82, 2.24) is 0 Å². The second-order valence-electron chi connectivity index (χ2n) is 9.41. The SMILES string of the molecule is C=C(/C=C(C)\C=C/C)Oc1cc(C(F)(F)F)ccc1Oc1cc(C)cc(Oc2ccc(CCC(O)O)c(C)c2)c1. The van der Waals surface area contributed by atoms with Gasteiger partial charge >= 0.3 is 6.18 Å². The van der Waals surface area contributed by atoms with Gasteiger partial charge in [-0.15, -0.1) is 0 Å². The van der Waals surface area contributed by atoms with E-state index in [4.69, 9.17) is 24.4 Å². The van der Waals surface area contributed by atoms with Crippen molar-refractivity contribution in [3.05, 3.63) is 113 Å². The van der Waals surface area contributed by atoms with Gasteiger partial charge in [0, 0.05) is 12.5 Å². The summed E-state index contributed by atoms with van der Waals surface area (Å²) in [6.07, 6.45) is 0.0734. The van der Waals surface area contributed by atoms with E-state index in [1.165, 1.54) is 6.07 Å². The van der Waals surface area contributed by atoms with E-state index in [9.17, 15) is 13.2 Å². The summed E-state index contributed by atoms with van der Waals surface area (Å²) in [5, 5.41) is 18.3. The topological polar surface area (TPSA) is 68.2 Å². The Hall–Kier alpha value is -4.01. The van der Waals surface area contributed by atoms with Gasteiger partial charge in [0.05, 0.1) is 5.56 Å². The van der Waals surface area contributed by atoms with Crippen LogP contribution >= 0.6 is 0 Å². The Morgan fingerprint density at radius 1 is 0.925 bits per heavy atom. The standard InChI is InChI=1S/C32H33F3O5/c1-6-7-20(2)14-23(5)38-30-18-25(32(33,34)35)10-12-29(30)40-28-16-21(3)15-27(19-28)39-26-11-8-24(22(4)17-26)9-13-31(36)37/h6-8,10-12,14-19,31,36-37H,5,9,13H2,1-4H3/b7-6-,20-14-. The fourth-order valence-electron chi connectivity index (χ4n) is 3.98. The number of benzene rings is 3. The average Bonchev–Trinajstić information content (AvgIpc) is 2.83. The van der Waals surface area contributed by atoms with Gasteiger partial charge in [-0.3, -0.25) is 0 Å². The van der Waals surface area contributed by atoms with Crippen LogP contribution in [0.15, 0.2) is 90.7 Å². The number of ether oxygens (including phenoxy) is 3. The van der Waals surface area contributed by atoms with Crippen LogP contribution in [0.1, 0.15) is 42.5 Å². The molecule has 8 heteroatoms.